The van der Waals surface area contributed by atoms with Gasteiger partial charge in [0.25, 0.3) is 0 Å². The Morgan fingerprint density at radius 1 is 0.889 bits per heavy atom. The summed E-state index contributed by atoms with van der Waals surface area (Å²) in [5.41, 5.74) is 0.867. The van der Waals surface area contributed by atoms with Gasteiger partial charge in [0.05, 0.1) is 15.7 Å². The number of anilines is 1. The number of hydrogen-bond donors (Lipinski definition) is 1. The third kappa shape index (κ3) is 5.97. The highest BCUT2D eigenvalue weighted by atomic mass is 35.5. The van der Waals surface area contributed by atoms with E-state index in [1.165, 1.54) is 44.9 Å². The zero-order valence-electron chi connectivity index (χ0n) is 11.1. The molecule has 102 valence electrons. The molecule has 0 aliphatic carbocycles. The van der Waals surface area contributed by atoms with Crippen LogP contribution in [-0.2, 0) is 0 Å². The second-order valence-electron chi connectivity index (χ2n) is 4.64. The molecular formula is C15H23Cl2N. The van der Waals surface area contributed by atoms with E-state index in [1.54, 1.807) is 0 Å². The highest BCUT2D eigenvalue weighted by Gasteiger charge is 2.03. The van der Waals surface area contributed by atoms with Crippen LogP contribution in [0.1, 0.15) is 51.9 Å². The number of nitrogens with one attached hydrogen (secondary N) is 1. The fourth-order valence-electron chi connectivity index (χ4n) is 1.96. The maximum absolute atomic E-state index is 6.08. The van der Waals surface area contributed by atoms with Gasteiger partial charge < -0.3 is 5.32 Å². The van der Waals surface area contributed by atoms with Crippen LogP contribution >= 0.6 is 23.2 Å². The van der Waals surface area contributed by atoms with Crippen molar-refractivity contribution in [3.8, 4) is 0 Å². The molecule has 0 aliphatic heterocycles. The number of hydrogen-bond acceptors (Lipinski definition) is 1. The Kier molecular flexibility index (Phi) is 8.28. The van der Waals surface area contributed by atoms with Crippen LogP contribution in [0.5, 0.6) is 0 Å². The Labute approximate surface area is 121 Å². The number of benzene rings is 1. The van der Waals surface area contributed by atoms with Gasteiger partial charge in [-0.1, -0.05) is 74.7 Å². The van der Waals surface area contributed by atoms with Gasteiger partial charge in [-0.25, -0.2) is 0 Å². The molecule has 18 heavy (non-hydrogen) atoms. The molecular weight excluding hydrogens is 265 g/mol. The Morgan fingerprint density at radius 3 is 2.06 bits per heavy atom. The van der Waals surface area contributed by atoms with E-state index in [0.717, 1.165) is 12.2 Å². The van der Waals surface area contributed by atoms with Crippen LogP contribution in [-0.4, -0.2) is 6.54 Å². The van der Waals surface area contributed by atoms with Crippen LogP contribution in [0, 0.1) is 0 Å². The largest absolute Gasteiger partial charge is 0.383 e. The smallest absolute Gasteiger partial charge is 0.0718 e. The molecule has 0 spiro atoms. The minimum absolute atomic E-state index is 0.699. The van der Waals surface area contributed by atoms with Crippen LogP contribution in [0.2, 0.25) is 10.0 Å². The van der Waals surface area contributed by atoms with Gasteiger partial charge in [-0.3, -0.25) is 0 Å². The van der Waals surface area contributed by atoms with Gasteiger partial charge in [-0.2, -0.15) is 0 Å². The van der Waals surface area contributed by atoms with Crippen molar-refractivity contribution in [3.05, 3.63) is 28.2 Å². The quantitative estimate of drug-likeness (QED) is 0.537. The monoisotopic (exact) mass is 287 g/mol. The van der Waals surface area contributed by atoms with Crippen molar-refractivity contribution in [2.45, 2.75) is 51.9 Å². The van der Waals surface area contributed by atoms with Gasteiger partial charge in [0, 0.05) is 6.54 Å². The van der Waals surface area contributed by atoms with Crippen LogP contribution in [0.25, 0.3) is 0 Å². The lowest BCUT2D eigenvalue weighted by Gasteiger charge is -2.09. The topological polar surface area (TPSA) is 12.0 Å². The number of unbranched alkanes of at least 4 members (excludes halogenated alkanes) is 6. The van der Waals surface area contributed by atoms with E-state index < -0.39 is 0 Å². The first-order valence-electron chi connectivity index (χ1n) is 6.93. The maximum atomic E-state index is 6.08. The highest BCUT2D eigenvalue weighted by molar-refractivity contribution is 6.39. The maximum Gasteiger partial charge on any atom is 0.0718 e. The minimum atomic E-state index is 0.699. The number of halogens is 2. The molecule has 1 aromatic rings. The van der Waals surface area contributed by atoms with Crippen LogP contribution < -0.4 is 5.32 Å². The predicted octanol–water partition coefficient (Wildman–Crippen LogP) is 6.16. The predicted molar refractivity (Wildman–Crippen MR) is 82.9 cm³/mol. The van der Waals surface area contributed by atoms with E-state index in [9.17, 15) is 0 Å². The van der Waals surface area contributed by atoms with Crippen molar-refractivity contribution in [2.24, 2.45) is 0 Å². The lowest BCUT2D eigenvalue weighted by atomic mass is 10.1. The second kappa shape index (κ2) is 9.52. The summed E-state index contributed by atoms with van der Waals surface area (Å²) in [6, 6.07) is 5.59. The Morgan fingerprint density at radius 2 is 1.44 bits per heavy atom. The van der Waals surface area contributed by atoms with E-state index in [2.05, 4.69) is 12.2 Å². The molecule has 1 rings (SSSR count). The molecule has 0 bridgehead atoms. The van der Waals surface area contributed by atoms with Crippen molar-refractivity contribution in [1.29, 1.82) is 0 Å². The van der Waals surface area contributed by atoms with Crippen molar-refractivity contribution in [1.82, 2.24) is 0 Å². The molecule has 1 aromatic carbocycles. The molecule has 3 heteroatoms. The van der Waals surface area contributed by atoms with Gasteiger partial charge >= 0.3 is 0 Å². The summed E-state index contributed by atoms with van der Waals surface area (Å²) < 4.78 is 0. The zero-order valence-corrected chi connectivity index (χ0v) is 12.7. The first-order valence-corrected chi connectivity index (χ1v) is 7.69. The van der Waals surface area contributed by atoms with Gasteiger partial charge in [0.2, 0.25) is 0 Å². The average molecular weight is 288 g/mol. The molecule has 0 unspecified atom stereocenters. The molecule has 1 nitrogen and oxygen atoms in total. The van der Waals surface area contributed by atoms with E-state index >= 15 is 0 Å². The third-order valence-electron chi connectivity index (χ3n) is 3.04. The standard InChI is InChI=1S/C15H23Cl2N/c1-2-3-4-5-6-7-8-12-18-15-13(16)10-9-11-14(15)17/h9-11,18H,2-8,12H2,1H3. The van der Waals surface area contributed by atoms with Crippen molar-refractivity contribution >= 4 is 28.9 Å². The van der Waals surface area contributed by atoms with Crippen LogP contribution in [0.4, 0.5) is 5.69 Å². The summed E-state index contributed by atoms with van der Waals surface area (Å²) in [5.74, 6) is 0. The average Bonchev–Trinajstić information content (AvgIpc) is 2.35. The summed E-state index contributed by atoms with van der Waals surface area (Å²) in [6.45, 7) is 3.19. The summed E-state index contributed by atoms with van der Waals surface area (Å²) >= 11 is 12.2. The molecule has 0 aliphatic rings. The highest BCUT2D eigenvalue weighted by Crippen LogP contribution is 2.29. The second-order valence-corrected chi connectivity index (χ2v) is 5.46. The minimum Gasteiger partial charge on any atom is -0.383 e. The summed E-state index contributed by atoms with van der Waals surface area (Å²) in [4.78, 5) is 0. The Hall–Kier alpha value is -0.400. The van der Waals surface area contributed by atoms with E-state index in [0.29, 0.717) is 10.0 Å². The van der Waals surface area contributed by atoms with Gasteiger partial charge in [-0.05, 0) is 18.6 Å². The first kappa shape index (κ1) is 15.7. The fraction of sp³-hybridized carbons (Fsp3) is 0.600. The lowest BCUT2D eigenvalue weighted by molar-refractivity contribution is 0.596. The van der Waals surface area contributed by atoms with Crippen molar-refractivity contribution < 1.29 is 0 Å². The molecule has 0 aromatic heterocycles. The van der Waals surface area contributed by atoms with Gasteiger partial charge in [-0.15, -0.1) is 0 Å². The number of para-hydroxylation sites is 1. The molecule has 0 fully saturated rings. The van der Waals surface area contributed by atoms with Crippen LogP contribution in [0.3, 0.4) is 0 Å². The van der Waals surface area contributed by atoms with Gasteiger partial charge in [0.1, 0.15) is 0 Å². The molecule has 0 radical (unpaired) electrons. The molecule has 0 heterocycles. The summed E-state index contributed by atoms with van der Waals surface area (Å²) in [6.07, 6.45) is 9.20. The summed E-state index contributed by atoms with van der Waals surface area (Å²) in [5, 5.41) is 4.72. The first-order chi connectivity index (χ1) is 8.75. The van der Waals surface area contributed by atoms with E-state index in [1.807, 2.05) is 18.2 Å². The molecule has 0 saturated heterocycles. The molecule has 0 amide bonds. The van der Waals surface area contributed by atoms with Gasteiger partial charge in [0.15, 0.2) is 0 Å². The number of rotatable bonds is 9. The fourth-order valence-corrected chi connectivity index (χ4v) is 2.49. The zero-order chi connectivity index (χ0) is 13.2. The Bertz CT molecular complexity index is 319. The third-order valence-corrected chi connectivity index (χ3v) is 3.67. The van der Waals surface area contributed by atoms with E-state index in [-0.39, 0.29) is 0 Å². The van der Waals surface area contributed by atoms with Crippen molar-refractivity contribution in [3.63, 3.8) is 0 Å². The van der Waals surface area contributed by atoms with E-state index in [4.69, 9.17) is 23.2 Å². The normalized spacial score (nSPS) is 10.6. The Balaban J connectivity index is 2.11. The molecule has 0 atom stereocenters. The molecule has 1 N–H and O–H groups in total. The molecule has 0 saturated carbocycles. The summed E-state index contributed by atoms with van der Waals surface area (Å²) in [7, 11) is 0. The van der Waals surface area contributed by atoms with Crippen LogP contribution in [0.15, 0.2) is 18.2 Å². The lowest BCUT2D eigenvalue weighted by Crippen LogP contribution is -2.02. The SMILES string of the molecule is CCCCCCCCCNc1c(Cl)cccc1Cl. The van der Waals surface area contributed by atoms with Crippen molar-refractivity contribution in [2.75, 3.05) is 11.9 Å².